The number of carbonyl (C=O) groups is 1. The number of benzene rings is 5. The molecule has 0 saturated heterocycles. The van der Waals surface area contributed by atoms with Crippen LogP contribution in [0.3, 0.4) is 0 Å². The molecular formula is C28H20O6. The molecule has 6 nitrogen and oxygen atoms in total. The average Bonchev–Trinajstić information content (AvgIpc) is 2.84. The Kier molecular flexibility index (Phi) is 5.49. The molecular weight excluding hydrogens is 432 g/mol. The van der Waals surface area contributed by atoms with E-state index in [1.54, 1.807) is 97.1 Å². The third-order valence-electron chi connectivity index (χ3n) is 5.47. The van der Waals surface area contributed by atoms with Gasteiger partial charge in [-0.1, -0.05) is 30.3 Å². The molecule has 0 aliphatic heterocycles. The summed E-state index contributed by atoms with van der Waals surface area (Å²) in [6.45, 7) is 0. The lowest BCUT2D eigenvalue weighted by Gasteiger charge is -2.15. The lowest BCUT2D eigenvalue weighted by atomic mass is 10.1. The van der Waals surface area contributed by atoms with Crippen molar-refractivity contribution in [2.24, 2.45) is 0 Å². The van der Waals surface area contributed by atoms with E-state index in [0.29, 0.717) is 22.6 Å². The zero-order chi connectivity index (χ0) is 23.7. The second-order valence-electron chi connectivity index (χ2n) is 7.87. The molecule has 0 radical (unpaired) electrons. The summed E-state index contributed by atoms with van der Waals surface area (Å²) in [7, 11) is 0. The molecule has 0 fully saturated rings. The van der Waals surface area contributed by atoms with Crippen LogP contribution < -0.4 is 9.47 Å². The van der Waals surface area contributed by atoms with Gasteiger partial charge in [-0.3, -0.25) is 0 Å². The summed E-state index contributed by atoms with van der Waals surface area (Å²) in [6.07, 6.45) is -1.19. The molecule has 5 aromatic rings. The van der Waals surface area contributed by atoms with Crippen LogP contribution in [-0.2, 0) is 0 Å². The van der Waals surface area contributed by atoms with E-state index >= 15 is 0 Å². The highest BCUT2D eigenvalue weighted by atomic mass is 16.6. The summed E-state index contributed by atoms with van der Waals surface area (Å²) < 4.78 is 11.1. The Balaban J connectivity index is 1.25. The summed E-state index contributed by atoms with van der Waals surface area (Å²) in [4.78, 5) is 12.5. The smallest absolute Gasteiger partial charge is 0.343 e. The Hall–Kier alpha value is -4.55. The van der Waals surface area contributed by atoms with E-state index in [4.69, 9.17) is 9.47 Å². The normalized spacial score (nSPS) is 11.9. The molecule has 0 aliphatic rings. The van der Waals surface area contributed by atoms with E-state index < -0.39 is 12.3 Å². The minimum absolute atomic E-state index is 0.163. The van der Waals surface area contributed by atoms with E-state index in [1.165, 1.54) is 0 Å². The van der Waals surface area contributed by atoms with Crippen LogP contribution in [0, 0.1) is 0 Å². The molecule has 0 spiro atoms. The van der Waals surface area contributed by atoms with E-state index in [2.05, 4.69) is 0 Å². The lowest BCUT2D eigenvalue weighted by Crippen LogP contribution is -2.09. The largest absolute Gasteiger partial charge is 0.508 e. The molecule has 0 saturated carbocycles. The first-order chi connectivity index (χ1) is 16.4. The van der Waals surface area contributed by atoms with Crippen molar-refractivity contribution < 1.29 is 29.6 Å². The van der Waals surface area contributed by atoms with Crippen molar-refractivity contribution >= 4 is 27.5 Å². The zero-order valence-corrected chi connectivity index (χ0v) is 17.9. The van der Waals surface area contributed by atoms with Crippen LogP contribution in [0.25, 0.3) is 21.5 Å². The molecule has 5 rings (SSSR count). The van der Waals surface area contributed by atoms with Crippen LogP contribution >= 0.6 is 0 Å². The summed E-state index contributed by atoms with van der Waals surface area (Å²) in [5, 5.41) is 33.0. The molecule has 0 amide bonds. The quantitative estimate of drug-likeness (QED) is 0.180. The van der Waals surface area contributed by atoms with E-state index in [9.17, 15) is 20.1 Å². The second-order valence-corrected chi connectivity index (χ2v) is 7.87. The van der Waals surface area contributed by atoms with Crippen LogP contribution in [0.4, 0.5) is 0 Å². The predicted octanol–water partition coefficient (Wildman–Crippen LogP) is 5.69. The molecule has 0 bridgehead atoms. The van der Waals surface area contributed by atoms with Crippen LogP contribution in [0.1, 0.15) is 22.2 Å². The number of aliphatic hydroxyl groups is 1. The third-order valence-corrected chi connectivity index (χ3v) is 5.47. The maximum Gasteiger partial charge on any atom is 0.343 e. The zero-order valence-electron chi connectivity index (χ0n) is 17.9. The van der Waals surface area contributed by atoms with E-state index in [0.717, 1.165) is 21.5 Å². The molecule has 0 aromatic heterocycles. The Bertz CT molecular complexity index is 1510. The number of ether oxygens (including phenoxy) is 2. The minimum atomic E-state index is -1.19. The molecule has 1 atom stereocenters. The number of phenols is 2. The maximum atomic E-state index is 12.5. The molecule has 6 heteroatoms. The van der Waals surface area contributed by atoms with Gasteiger partial charge in [-0.2, -0.15) is 0 Å². The maximum absolute atomic E-state index is 12.5. The van der Waals surface area contributed by atoms with Crippen LogP contribution in [-0.4, -0.2) is 21.3 Å². The Morgan fingerprint density at radius 3 is 1.82 bits per heavy atom. The topological polar surface area (TPSA) is 96.2 Å². The van der Waals surface area contributed by atoms with Gasteiger partial charge in [0.1, 0.15) is 23.0 Å². The summed E-state index contributed by atoms with van der Waals surface area (Å²) in [5.41, 5.74) is 0.955. The number of rotatable bonds is 5. The van der Waals surface area contributed by atoms with Gasteiger partial charge in [0, 0.05) is 5.56 Å². The van der Waals surface area contributed by atoms with Gasteiger partial charge in [0.15, 0.2) is 0 Å². The molecule has 0 aliphatic carbocycles. The molecule has 3 N–H and O–H groups in total. The highest BCUT2D eigenvalue weighted by Gasteiger charge is 2.13. The van der Waals surface area contributed by atoms with Crippen LogP contribution in [0.5, 0.6) is 23.0 Å². The van der Waals surface area contributed by atoms with Gasteiger partial charge in [-0.25, -0.2) is 4.79 Å². The number of esters is 1. The molecule has 5 aromatic carbocycles. The van der Waals surface area contributed by atoms with E-state index in [-0.39, 0.29) is 11.5 Å². The number of carbonyl (C=O) groups excluding carboxylic acids is 1. The SMILES string of the molecule is O=C(Oc1ccc(OC(O)c2ccc3cc(O)ccc3c2)cc1)c1ccc2cc(O)ccc2c1. The first kappa shape index (κ1) is 21.3. The number of fused-ring (bicyclic) bond motifs is 2. The highest BCUT2D eigenvalue weighted by Crippen LogP contribution is 2.27. The lowest BCUT2D eigenvalue weighted by molar-refractivity contribution is -0.0193. The fourth-order valence-corrected chi connectivity index (χ4v) is 3.71. The van der Waals surface area contributed by atoms with Crippen molar-refractivity contribution in [2.75, 3.05) is 0 Å². The standard InChI is InChI=1S/C28H20O6/c29-23-7-5-17-13-21(3-1-19(17)15-23)27(31)33-25-9-11-26(12-10-25)34-28(32)22-4-2-20-16-24(30)8-6-18(20)14-22/h1-16,27,29-31H. The van der Waals surface area contributed by atoms with Crippen molar-refractivity contribution in [1.29, 1.82) is 0 Å². The van der Waals surface area contributed by atoms with Crippen molar-refractivity contribution in [1.82, 2.24) is 0 Å². The average molecular weight is 452 g/mol. The summed E-state index contributed by atoms with van der Waals surface area (Å²) >= 11 is 0. The van der Waals surface area contributed by atoms with Crippen molar-refractivity contribution in [3.63, 3.8) is 0 Å². The number of hydrogen-bond acceptors (Lipinski definition) is 6. The molecule has 1 unspecified atom stereocenters. The van der Waals surface area contributed by atoms with Gasteiger partial charge in [0.2, 0.25) is 6.29 Å². The first-order valence-electron chi connectivity index (χ1n) is 10.6. The van der Waals surface area contributed by atoms with Gasteiger partial charge in [0.25, 0.3) is 0 Å². The van der Waals surface area contributed by atoms with Crippen molar-refractivity contribution in [3.8, 4) is 23.0 Å². The van der Waals surface area contributed by atoms with Gasteiger partial charge in [-0.05, 0) is 88.3 Å². The van der Waals surface area contributed by atoms with Gasteiger partial charge in [0.05, 0.1) is 5.56 Å². The van der Waals surface area contributed by atoms with Gasteiger partial charge < -0.3 is 24.8 Å². The molecule has 34 heavy (non-hydrogen) atoms. The number of hydrogen-bond donors (Lipinski definition) is 3. The number of aromatic hydroxyl groups is 2. The minimum Gasteiger partial charge on any atom is -0.508 e. The van der Waals surface area contributed by atoms with Crippen LogP contribution in [0.2, 0.25) is 0 Å². The van der Waals surface area contributed by atoms with E-state index in [1.807, 2.05) is 0 Å². The molecule has 0 heterocycles. The number of phenolic OH excluding ortho intramolecular Hbond substituents is 2. The fraction of sp³-hybridized carbons (Fsp3) is 0.0357. The predicted molar refractivity (Wildman–Crippen MR) is 128 cm³/mol. The van der Waals surface area contributed by atoms with Crippen molar-refractivity contribution in [3.05, 3.63) is 108 Å². The highest BCUT2D eigenvalue weighted by molar-refractivity contribution is 5.96. The third kappa shape index (κ3) is 4.48. The number of aliphatic hydroxyl groups excluding tert-OH is 1. The van der Waals surface area contributed by atoms with Crippen molar-refractivity contribution in [2.45, 2.75) is 6.29 Å². The summed E-state index contributed by atoms with van der Waals surface area (Å²) in [5.74, 6) is 0.576. The monoisotopic (exact) mass is 452 g/mol. The molecule has 168 valence electrons. The van der Waals surface area contributed by atoms with Gasteiger partial charge >= 0.3 is 5.97 Å². The Morgan fingerprint density at radius 2 is 1.15 bits per heavy atom. The second kappa shape index (κ2) is 8.77. The first-order valence-corrected chi connectivity index (χ1v) is 10.6. The van der Waals surface area contributed by atoms with Gasteiger partial charge in [-0.15, -0.1) is 0 Å². The Labute approximate surface area is 194 Å². The van der Waals surface area contributed by atoms with Crippen LogP contribution in [0.15, 0.2) is 97.1 Å². The Morgan fingerprint density at radius 1 is 0.618 bits per heavy atom. The fourth-order valence-electron chi connectivity index (χ4n) is 3.71. The summed E-state index contributed by atoms with van der Waals surface area (Å²) in [6, 6.07) is 26.7.